The van der Waals surface area contributed by atoms with E-state index in [0.29, 0.717) is 5.41 Å². The third kappa shape index (κ3) is 1.77. The average Bonchev–Trinajstić information content (AvgIpc) is 2.78. The van der Waals surface area contributed by atoms with Crippen LogP contribution in [0.2, 0.25) is 0 Å². The van der Waals surface area contributed by atoms with Gasteiger partial charge in [0.15, 0.2) is 0 Å². The molecule has 1 spiro atoms. The third-order valence-electron chi connectivity index (χ3n) is 3.39. The van der Waals surface area contributed by atoms with Crippen molar-refractivity contribution in [3.05, 3.63) is 0 Å². The molecule has 2 heterocycles. The van der Waals surface area contributed by atoms with Crippen LogP contribution in [-0.2, 0) is 9.53 Å². The molecule has 80 valence electrons. The van der Waals surface area contributed by atoms with Crippen LogP contribution in [0, 0.1) is 5.41 Å². The summed E-state index contributed by atoms with van der Waals surface area (Å²) in [5, 5.41) is 3.38. The molecule has 2 saturated heterocycles. The van der Waals surface area contributed by atoms with Gasteiger partial charge in [-0.3, -0.25) is 4.79 Å². The highest BCUT2D eigenvalue weighted by molar-refractivity contribution is 5.77. The number of methoxy groups -OCH3 is 1. The second kappa shape index (κ2) is 3.87. The number of hydrogen-bond acceptors (Lipinski definition) is 3. The summed E-state index contributed by atoms with van der Waals surface area (Å²) in [5.41, 5.74) is 0.378. The van der Waals surface area contributed by atoms with E-state index in [2.05, 4.69) is 5.32 Å². The Morgan fingerprint density at radius 3 is 3.07 bits per heavy atom. The van der Waals surface area contributed by atoms with Gasteiger partial charge in [0.1, 0.15) is 6.61 Å². The molecular formula is C10H18N2O2. The Balaban J connectivity index is 1.90. The van der Waals surface area contributed by atoms with E-state index in [1.165, 1.54) is 6.42 Å². The number of hydrogen-bond donors (Lipinski definition) is 1. The molecule has 0 saturated carbocycles. The predicted molar refractivity (Wildman–Crippen MR) is 53.0 cm³/mol. The number of likely N-dealkylation sites (tertiary alicyclic amines) is 1. The van der Waals surface area contributed by atoms with Crippen LogP contribution < -0.4 is 5.32 Å². The fourth-order valence-electron chi connectivity index (χ4n) is 2.51. The summed E-state index contributed by atoms with van der Waals surface area (Å²) >= 11 is 0. The molecule has 0 bridgehead atoms. The van der Waals surface area contributed by atoms with Gasteiger partial charge in [0.25, 0.3) is 0 Å². The van der Waals surface area contributed by atoms with Gasteiger partial charge in [0.2, 0.25) is 5.91 Å². The lowest BCUT2D eigenvalue weighted by Crippen LogP contribution is -2.35. The maximum absolute atomic E-state index is 11.6. The number of ether oxygens (including phenoxy) is 1. The van der Waals surface area contributed by atoms with Crippen LogP contribution >= 0.6 is 0 Å². The van der Waals surface area contributed by atoms with E-state index in [1.54, 1.807) is 7.11 Å². The summed E-state index contributed by atoms with van der Waals surface area (Å²) in [6.07, 6.45) is 2.36. The molecule has 0 radical (unpaired) electrons. The zero-order valence-electron chi connectivity index (χ0n) is 8.71. The summed E-state index contributed by atoms with van der Waals surface area (Å²) in [6.45, 7) is 4.23. The van der Waals surface area contributed by atoms with E-state index in [1.807, 2.05) is 4.90 Å². The number of rotatable bonds is 2. The van der Waals surface area contributed by atoms with Gasteiger partial charge in [0.05, 0.1) is 0 Å². The Morgan fingerprint density at radius 2 is 2.43 bits per heavy atom. The van der Waals surface area contributed by atoms with E-state index < -0.39 is 0 Å². The highest BCUT2D eigenvalue weighted by atomic mass is 16.5. The topological polar surface area (TPSA) is 41.6 Å². The molecule has 2 aliphatic heterocycles. The van der Waals surface area contributed by atoms with Gasteiger partial charge in [-0.15, -0.1) is 0 Å². The monoisotopic (exact) mass is 198 g/mol. The fourth-order valence-corrected chi connectivity index (χ4v) is 2.51. The molecule has 1 atom stereocenters. The Kier molecular flexibility index (Phi) is 2.74. The van der Waals surface area contributed by atoms with Gasteiger partial charge in [-0.1, -0.05) is 0 Å². The Labute approximate surface area is 84.6 Å². The second-order valence-corrected chi connectivity index (χ2v) is 4.43. The molecule has 0 aromatic heterocycles. The summed E-state index contributed by atoms with van der Waals surface area (Å²) in [6, 6.07) is 0. The SMILES string of the molecule is COCC(=O)N1CCC2(CCNC2)C1. The number of carbonyl (C=O) groups is 1. The summed E-state index contributed by atoms with van der Waals surface area (Å²) < 4.78 is 4.86. The van der Waals surface area contributed by atoms with E-state index in [-0.39, 0.29) is 12.5 Å². The van der Waals surface area contributed by atoms with Crippen molar-refractivity contribution >= 4 is 5.91 Å². The maximum Gasteiger partial charge on any atom is 0.248 e. The van der Waals surface area contributed by atoms with Gasteiger partial charge in [-0.05, 0) is 19.4 Å². The van der Waals surface area contributed by atoms with Crippen LogP contribution in [0.3, 0.4) is 0 Å². The van der Waals surface area contributed by atoms with E-state index in [4.69, 9.17) is 4.74 Å². The van der Waals surface area contributed by atoms with Crippen LogP contribution in [-0.4, -0.2) is 50.7 Å². The van der Waals surface area contributed by atoms with Crippen molar-refractivity contribution in [2.45, 2.75) is 12.8 Å². The third-order valence-corrected chi connectivity index (χ3v) is 3.39. The molecule has 2 fully saturated rings. The van der Waals surface area contributed by atoms with Crippen LogP contribution in [0.25, 0.3) is 0 Å². The van der Waals surface area contributed by atoms with Gasteiger partial charge >= 0.3 is 0 Å². The van der Waals surface area contributed by atoms with Crippen molar-refractivity contribution in [2.24, 2.45) is 5.41 Å². The van der Waals surface area contributed by atoms with Crippen molar-refractivity contribution in [3.8, 4) is 0 Å². The lowest BCUT2D eigenvalue weighted by atomic mass is 9.87. The van der Waals surface area contributed by atoms with E-state index in [0.717, 1.165) is 32.6 Å². The molecule has 14 heavy (non-hydrogen) atoms. The van der Waals surface area contributed by atoms with Crippen molar-refractivity contribution in [1.82, 2.24) is 10.2 Å². The molecule has 1 unspecified atom stereocenters. The quantitative estimate of drug-likeness (QED) is 0.670. The van der Waals surface area contributed by atoms with Crippen LogP contribution in [0.15, 0.2) is 0 Å². The van der Waals surface area contributed by atoms with Gasteiger partial charge < -0.3 is 15.0 Å². The first-order chi connectivity index (χ1) is 6.76. The molecule has 0 aromatic carbocycles. The van der Waals surface area contributed by atoms with Crippen LogP contribution in [0.1, 0.15) is 12.8 Å². The molecule has 2 aliphatic rings. The molecule has 4 heteroatoms. The second-order valence-electron chi connectivity index (χ2n) is 4.43. The molecular weight excluding hydrogens is 180 g/mol. The van der Waals surface area contributed by atoms with Crippen LogP contribution in [0.4, 0.5) is 0 Å². The van der Waals surface area contributed by atoms with Gasteiger partial charge in [-0.2, -0.15) is 0 Å². The van der Waals surface area contributed by atoms with Crippen molar-refractivity contribution in [2.75, 3.05) is 39.9 Å². The first-order valence-corrected chi connectivity index (χ1v) is 5.23. The zero-order chi connectivity index (χ0) is 10.0. The van der Waals surface area contributed by atoms with Crippen LogP contribution in [0.5, 0.6) is 0 Å². The normalized spacial score (nSPS) is 31.6. The van der Waals surface area contributed by atoms with E-state index in [9.17, 15) is 4.79 Å². The predicted octanol–water partition coefficient (Wildman–Crippen LogP) is -0.155. The smallest absolute Gasteiger partial charge is 0.248 e. The Bertz CT molecular complexity index is 224. The molecule has 1 N–H and O–H groups in total. The highest BCUT2D eigenvalue weighted by Crippen LogP contribution is 2.35. The van der Waals surface area contributed by atoms with E-state index >= 15 is 0 Å². The largest absolute Gasteiger partial charge is 0.375 e. The minimum Gasteiger partial charge on any atom is -0.375 e. The number of amides is 1. The minimum atomic E-state index is 0.135. The zero-order valence-corrected chi connectivity index (χ0v) is 8.71. The molecule has 4 nitrogen and oxygen atoms in total. The fraction of sp³-hybridized carbons (Fsp3) is 0.900. The Hall–Kier alpha value is -0.610. The lowest BCUT2D eigenvalue weighted by molar-refractivity contribution is -0.134. The molecule has 2 rings (SSSR count). The molecule has 0 aliphatic carbocycles. The molecule has 0 aromatic rings. The van der Waals surface area contributed by atoms with Gasteiger partial charge in [-0.25, -0.2) is 0 Å². The summed E-state index contributed by atoms with van der Waals surface area (Å²) in [7, 11) is 1.57. The first kappa shape index (κ1) is 9.93. The summed E-state index contributed by atoms with van der Waals surface area (Å²) in [4.78, 5) is 13.5. The minimum absolute atomic E-state index is 0.135. The van der Waals surface area contributed by atoms with Crippen molar-refractivity contribution < 1.29 is 9.53 Å². The summed E-state index contributed by atoms with van der Waals surface area (Å²) in [5.74, 6) is 0.135. The number of nitrogens with one attached hydrogen (secondary N) is 1. The molecule has 1 amide bonds. The number of carbonyl (C=O) groups excluding carboxylic acids is 1. The number of nitrogens with zero attached hydrogens (tertiary/aromatic N) is 1. The average molecular weight is 198 g/mol. The standard InChI is InChI=1S/C10H18N2O2/c1-14-6-9(13)12-5-3-10(8-12)2-4-11-7-10/h11H,2-8H2,1H3. The van der Waals surface area contributed by atoms with Crippen molar-refractivity contribution in [1.29, 1.82) is 0 Å². The Morgan fingerprint density at radius 1 is 1.57 bits per heavy atom. The van der Waals surface area contributed by atoms with Crippen molar-refractivity contribution in [3.63, 3.8) is 0 Å². The lowest BCUT2D eigenvalue weighted by Gasteiger charge is -2.22. The first-order valence-electron chi connectivity index (χ1n) is 5.23. The van der Waals surface area contributed by atoms with Gasteiger partial charge in [0, 0.05) is 32.2 Å². The highest BCUT2D eigenvalue weighted by Gasteiger charge is 2.41. The maximum atomic E-state index is 11.6.